The fourth-order valence-corrected chi connectivity index (χ4v) is 5.18. The van der Waals surface area contributed by atoms with Gasteiger partial charge in [-0.1, -0.05) is 37.5 Å². The standard InChI is InChI=1S/C11H24NO3S.C7H8O3S/c1-3-4-5-10-16(13,14)11-12(2)6-8-15-9-7-12;1-6-2-4-7(5-3-6)11(8,9)10/h3-11H2,1-2H3;2-5H,1H3,(H,8,9,10)/q+1;/p-1. The maximum atomic E-state index is 11.9. The zero-order valence-corrected chi connectivity index (χ0v) is 18.0. The molecule has 7 nitrogen and oxygen atoms in total. The largest absolute Gasteiger partial charge is 0.744 e. The van der Waals surface area contributed by atoms with E-state index < -0.39 is 20.0 Å². The maximum Gasteiger partial charge on any atom is 0.200 e. The van der Waals surface area contributed by atoms with Crippen LogP contribution in [0.1, 0.15) is 31.7 Å². The van der Waals surface area contributed by atoms with Crippen molar-refractivity contribution < 1.29 is 30.6 Å². The molecule has 1 aromatic carbocycles. The molecule has 0 unspecified atom stereocenters. The number of unbranched alkanes of at least 4 members (excludes halogenated alkanes) is 2. The lowest BCUT2D eigenvalue weighted by atomic mass is 10.2. The third-order valence-electron chi connectivity index (χ3n) is 4.43. The minimum absolute atomic E-state index is 0.178. The fourth-order valence-electron chi connectivity index (χ4n) is 2.73. The van der Waals surface area contributed by atoms with Crippen molar-refractivity contribution in [1.29, 1.82) is 0 Å². The zero-order chi connectivity index (χ0) is 20.6. The van der Waals surface area contributed by atoms with Gasteiger partial charge in [0, 0.05) is 0 Å². The number of hydrogen-bond acceptors (Lipinski definition) is 6. The van der Waals surface area contributed by atoms with E-state index in [2.05, 4.69) is 6.92 Å². The van der Waals surface area contributed by atoms with Crippen LogP contribution in [0.5, 0.6) is 0 Å². The molecular formula is C18H31NO6S2. The van der Waals surface area contributed by atoms with E-state index in [0.29, 0.717) is 23.4 Å². The van der Waals surface area contributed by atoms with Crippen molar-refractivity contribution >= 4 is 20.0 Å². The molecule has 0 atom stereocenters. The minimum Gasteiger partial charge on any atom is -0.744 e. The van der Waals surface area contributed by atoms with Gasteiger partial charge in [0.05, 0.1) is 30.9 Å². The summed E-state index contributed by atoms with van der Waals surface area (Å²) in [5, 5.41) is 0. The Morgan fingerprint density at radius 2 is 1.59 bits per heavy atom. The van der Waals surface area contributed by atoms with Crippen LogP contribution in [0.15, 0.2) is 29.2 Å². The summed E-state index contributed by atoms with van der Waals surface area (Å²) in [6, 6.07) is 5.78. The van der Waals surface area contributed by atoms with Crippen LogP contribution in [0, 0.1) is 6.92 Å². The van der Waals surface area contributed by atoms with Gasteiger partial charge in [-0.3, -0.25) is 0 Å². The van der Waals surface area contributed by atoms with E-state index in [4.69, 9.17) is 4.74 Å². The third kappa shape index (κ3) is 9.66. The van der Waals surface area contributed by atoms with Crippen LogP contribution >= 0.6 is 0 Å². The summed E-state index contributed by atoms with van der Waals surface area (Å²) >= 11 is 0. The molecule has 27 heavy (non-hydrogen) atoms. The van der Waals surface area contributed by atoms with Crippen LogP contribution in [0.2, 0.25) is 0 Å². The van der Waals surface area contributed by atoms with E-state index in [1.54, 1.807) is 12.1 Å². The zero-order valence-electron chi connectivity index (χ0n) is 16.4. The number of hydrogen-bond donors (Lipinski definition) is 0. The van der Waals surface area contributed by atoms with Crippen LogP contribution in [0.3, 0.4) is 0 Å². The molecule has 1 fully saturated rings. The lowest BCUT2D eigenvalue weighted by Crippen LogP contribution is -2.54. The molecule has 1 saturated heterocycles. The highest BCUT2D eigenvalue weighted by atomic mass is 32.2. The molecule has 156 valence electrons. The molecule has 2 rings (SSSR count). The average Bonchev–Trinajstić information content (AvgIpc) is 2.55. The van der Waals surface area contributed by atoms with Crippen molar-refractivity contribution in [2.75, 3.05) is 45.0 Å². The quantitative estimate of drug-likeness (QED) is 0.379. The highest BCUT2D eigenvalue weighted by Gasteiger charge is 2.30. The summed E-state index contributed by atoms with van der Waals surface area (Å²) in [5.41, 5.74) is 0.928. The average molecular weight is 422 g/mol. The Balaban J connectivity index is 0.000000289. The van der Waals surface area contributed by atoms with E-state index >= 15 is 0 Å². The first kappa shape index (κ1) is 24.0. The van der Waals surface area contributed by atoms with E-state index in [1.807, 2.05) is 14.0 Å². The smallest absolute Gasteiger partial charge is 0.200 e. The second kappa shape index (κ2) is 10.5. The van der Waals surface area contributed by atoms with Gasteiger partial charge in [-0.05, 0) is 25.5 Å². The summed E-state index contributed by atoms with van der Waals surface area (Å²) in [4.78, 5) is -0.178. The van der Waals surface area contributed by atoms with Gasteiger partial charge in [-0.15, -0.1) is 0 Å². The minimum atomic E-state index is -4.27. The lowest BCUT2D eigenvalue weighted by Gasteiger charge is -2.36. The van der Waals surface area contributed by atoms with Gasteiger partial charge in [-0.2, -0.15) is 0 Å². The van der Waals surface area contributed by atoms with E-state index in [-0.39, 0.29) is 10.8 Å². The van der Waals surface area contributed by atoms with Gasteiger partial charge < -0.3 is 13.8 Å². The Bertz CT molecular complexity index is 767. The molecule has 0 spiro atoms. The molecule has 1 aliphatic heterocycles. The fraction of sp³-hybridized carbons (Fsp3) is 0.667. The Hall–Kier alpha value is -1.00. The number of likely N-dealkylation sites (N-methyl/N-ethyl adjacent to an activating group) is 1. The lowest BCUT2D eigenvalue weighted by molar-refractivity contribution is -0.905. The molecule has 0 aliphatic carbocycles. The first-order chi connectivity index (χ1) is 12.5. The molecule has 0 radical (unpaired) electrons. The van der Waals surface area contributed by atoms with Gasteiger partial charge in [0.15, 0.2) is 5.88 Å². The summed E-state index contributed by atoms with van der Waals surface area (Å²) in [7, 11) is -5.15. The molecule has 0 amide bonds. The monoisotopic (exact) mass is 421 g/mol. The molecule has 0 bridgehead atoms. The van der Waals surface area contributed by atoms with Crippen LogP contribution < -0.4 is 0 Å². The van der Waals surface area contributed by atoms with E-state index in [1.165, 1.54) is 12.1 Å². The van der Waals surface area contributed by atoms with E-state index in [0.717, 1.165) is 37.9 Å². The number of aryl methyl sites for hydroxylation is 1. The van der Waals surface area contributed by atoms with Crippen molar-refractivity contribution in [3.05, 3.63) is 29.8 Å². The van der Waals surface area contributed by atoms with Crippen LogP contribution in [0.25, 0.3) is 0 Å². The van der Waals surface area contributed by atoms with Crippen LogP contribution in [-0.2, 0) is 24.7 Å². The molecule has 9 heteroatoms. The van der Waals surface area contributed by atoms with Crippen molar-refractivity contribution in [3.8, 4) is 0 Å². The number of benzene rings is 1. The SMILES string of the molecule is CCCCCS(=O)(=O)C[N+]1(C)CCOCC1.Cc1ccc(S(=O)(=O)[O-])cc1. The molecule has 0 saturated carbocycles. The highest BCUT2D eigenvalue weighted by molar-refractivity contribution is 7.91. The first-order valence-electron chi connectivity index (χ1n) is 9.12. The number of sulfone groups is 1. The highest BCUT2D eigenvalue weighted by Crippen LogP contribution is 2.12. The van der Waals surface area contributed by atoms with Gasteiger partial charge in [0.1, 0.15) is 23.2 Å². The summed E-state index contributed by atoms with van der Waals surface area (Å²) in [6.45, 7) is 6.89. The second-order valence-electron chi connectivity index (χ2n) is 7.23. The van der Waals surface area contributed by atoms with Gasteiger partial charge in [0.2, 0.25) is 9.84 Å². The summed E-state index contributed by atoms with van der Waals surface area (Å²) < 4.78 is 60.9. The number of rotatable bonds is 7. The summed E-state index contributed by atoms with van der Waals surface area (Å²) in [6.07, 6.45) is 2.87. The summed E-state index contributed by atoms with van der Waals surface area (Å²) in [5.74, 6) is 0.621. The Kier molecular flexibility index (Phi) is 9.36. The molecule has 1 heterocycles. The van der Waals surface area contributed by atoms with Crippen molar-refractivity contribution in [2.45, 2.75) is 38.0 Å². The first-order valence-corrected chi connectivity index (χ1v) is 12.3. The predicted octanol–water partition coefficient (Wildman–Crippen LogP) is 1.92. The number of nitrogens with zero attached hydrogens (tertiary/aromatic N) is 1. The van der Waals surface area contributed by atoms with Gasteiger partial charge >= 0.3 is 0 Å². The predicted molar refractivity (Wildman–Crippen MR) is 104 cm³/mol. The molecule has 0 aromatic heterocycles. The molecule has 0 N–H and O–H groups in total. The maximum absolute atomic E-state index is 11.9. The van der Waals surface area contributed by atoms with E-state index in [9.17, 15) is 21.4 Å². The van der Waals surface area contributed by atoms with Gasteiger partial charge in [0.25, 0.3) is 0 Å². The Morgan fingerprint density at radius 1 is 1.04 bits per heavy atom. The van der Waals surface area contributed by atoms with Crippen molar-refractivity contribution in [2.24, 2.45) is 0 Å². The normalized spacial score (nSPS) is 17.0. The topological polar surface area (TPSA) is 101 Å². The van der Waals surface area contributed by atoms with Crippen molar-refractivity contribution in [1.82, 2.24) is 0 Å². The number of morpholine rings is 1. The van der Waals surface area contributed by atoms with Gasteiger partial charge in [-0.25, -0.2) is 16.8 Å². The molecular weight excluding hydrogens is 390 g/mol. The number of quaternary nitrogens is 1. The van der Waals surface area contributed by atoms with Crippen LogP contribution in [0.4, 0.5) is 0 Å². The third-order valence-corrected chi connectivity index (χ3v) is 7.20. The van der Waals surface area contributed by atoms with Crippen molar-refractivity contribution in [3.63, 3.8) is 0 Å². The van der Waals surface area contributed by atoms with Crippen LogP contribution in [-0.4, -0.2) is 70.9 Å². The Morgan fingerprint density at radius 3 is 2.07 bits per heavy atom. The molecule has 1 aromatic rings. The number of ether oxygens (including phenoxy) is 1. The second-order valence-corrected chi connectivity index (χ2v) is 10.8. The molecule has 1 aliphatic rings. The Labute approximate surface area is 163 Å².